The number of hydrogen-bond donors (Lipinski definition) is 4. The zero-order chi connectivity index (χ0) is 22.9. The van der Waals surface area contributed by atoms with E-state index in [0.29, 0.717) is 25.7 Å². The van der Waals surface area contributed by atoms with Gasteiger partial charge in [-0.15, -0.1) is 11.3 Å². The first kappa shape index (κ1) is 25.9. The quantitative estimate of drug-likeness (QED) is 0.256. The molecule has 1 heterocycles. The number of sulfonamides is 1. The number of aliphatic hydroxyl groups excluding tert-OH is 3. The first-order valence-corrected chi connectivity index (χ1v) is 13.6. The molecule has 0 aromatic carbocycles. The van der Waals surface area contributed by atoms with Crippen molar-refractivity contribution in [2.75, 3.05) is 6.26 Å². The minimum atomic E-state index is -3.50. The summed E-state index contributed by atoms with van der Waals surface area (Å²) in [6, 6.07) is 3.77. The summed E-state index contributed by atoms with van der Waals surface area (Å²) in [4.78, 5) is 15.7. The zero-order valence-electron chi connectivity index (χ0n) is 17.9. The van der Waals surface area contributed by atoms with Crippen molar-refractivity contribution in [3.8, 4) is 0 Å². The van der Waals surface area contributed by atoms with Crippen molar-refractivity contribution in [2.45, 2.75) is 76.1 Å². The van der Waals surface area contributed by atoms with E-state index >= 15 is 0 Å². The van der Waals surface area contributed by atoms with E-state index < -0.39 is 34.2 Å². The van der Waals surface area contributed by atoms with E-state index in [1.54, 1.807) is 0 Å². The van der Waals surface area contributed by atoms with E-state index in [1.807, 2.05) is 22.2 Å². The number of aliphatic hydroxyl groups is 3. The number of thiophene rings is 1. The van der Waals surface area contributed by atoms with Crippen LogP contribution in [-0.4, -0.2) is 60.4 Å². The van der Waals surface area contributed by atoms with Gasteiger partial charge in [-0.2, -0.15) is 0 Å². The largest absolute Gasteiger partial charge is 0.393 e. The summed E-state index contributed by atoms with van der Waals surface area (Å²) in [5, 5.41) is 33.6. The molecular formula is C21H34N2O6S2. The van der Waals surface area contributed by atoms with E-state index in [0.717, 1.165) is 36.9 Å². The maximum atomic E-state index is 11.5. The number of amides is 1. The van der Waals surface area contributed by atoms with Crippen molar-refractivity contribution in [2.24, 2.45) is 16.8 Å². The standard InChI is InChI=1S/C21H34N2O6S2/c1-31(28,29)23-20(27)8-5-3-2-4-7-16-17(19(26)13-18(16)25)11-10-15(24)14-22-21-9-6-12-30-21/h6,9,12,14-19,24-26H,2-5,7-8,10-11,13H2,1H3,(H,23,27)/t15?,16-,17-,18+,19-/m1/s1. The van der Waals surface area contributed by atoms with Crippen molar-refractivity contribution in [1.82, 2.24) is 4.72 Å². The van der Waals surface area contributed by atoms with Gasteiger partial charge in [0.1, 0.15) is 5.00 Å². The lowest BCUT2D eigenvalue weighted by Crippen LogP contribution is -2.28. The number of carbonyl (C=O) groups is 1. The highest BCUT2D eigenvalue weighted by atomic mass is 32.2. The van der Waals surface area contributed by atoms with Gasteiger partial charge in [-0.25, -0.2) is 13.4 Å². The topological polar surface area (TPSA) is 136 Å². The molecule has 1 saturated carbocycles. The second-order valence-corrected chi connectivity index (χ2v) is 11.0. The second-order valence-electron chi connectivity index (χ2n) is 8.32. The first-order valence-electron chi connectivity index (χ1n) is 10.8. The third kappa shape index (κ3) is 9.78. The highest BCUT2D eigenvalue weighted by Gasteiger charge is 2.40. The molecule has 10 heteroatoms. The van der Waals surface area contributed by atoms with Crippen molar-refractivity contribution in [1.29, 1.82) is 0 Å². The highest BCUT2D eigenvalue weighted by Crippen LogP contribution is 2.39. The smallest absolute Gasteiger partial charge is 0.233 e. The van der Waals surface area contributed by atoms with Gasteiger partial charge >= 0.3 is 0 Å². The van der Waals surface area contributed by atoms with E-state index in [-0.39, 0.29) is 18.3 Å². The number of rotatable bonds is 13. The molecule has 0 aliphatic heterocycles. The van der Waals surface area contributed by atoms with E-state index in [4.69, 9.17) is 0 Å². The molecule has 1 aliphatic rings. The third-order valence-electron chi connectivity index (χ3n) is 5.69. The van der Waals surface area contributed by atoms with Crippen LogP contribution in [0.15, 0.2) is 22.5 Å². The van der Waals surface area contributed by atoms with Crippen LogP contribution < -0.4 is 4.72 Å². The molecule has 0 bridgehead atoms. The Kier molecular flexibility index (Phi) is 10.6. The molecule has 8 nitrogen and oxygen atoms in total. The molecule has 2 rings (SSSR count). The van der Waals surface area contributed by atoms with Crippen LogP contribution in [0.3, 0.4) is 0 Å². The average molecular weight is 475 g/mol. The number of nitrogens with one attached hydrogen (secondary N) is 1. The van der Waals surface area contributed by atoms with Gasteiger partial charge in [0.2, 0.25) is 15.9 Å². The summed E-state index contributed by atoms with van der Waals surface area (Å²) >= 11 is 1.50. The maximum absolute atomic E-state index is 11.5. The average Bonchev–Trinajstić information content (AvgIpc) is 3.27. The molecule has 1 aromatic rings. The Balaban J connectivity index is 1.68. The summed E-state index contributed by atoms with van der Waals surface area (Å²) in [7, 11) is -3.50. The molecule has 31 heavy (non-hydrogen) atoms. The SMILES string of the molecule is CS(=O)(=O)NC(=O)CCCCCC[C@@H]1[C@@H](CCC(O)C=Nc2cccs2)[C@H](O)C[C@@H]1O. The van der Waals surface area contributed by atoms with Gasteiger partial charge in [0.05, 0.1) is 24.6 Å². The van der Waals surface area contributed by atoms with E-state index in [1.165, 1.54) is 17.6 Å². The van der Waals surface area contributed by atoms with Crippen molar-refractivity contribution in [3.05, 3.63) is 17.5 Å². The fraction of sp³-hybridized carbons (Fsp3) is 0.714. The number of unbranched alkanes of at least 4 members (excludes halogenated alkanes) is 3. The third-order valence-corrected chi connectivity index (χ3v) is 7.06. The Bertz CT molecular complexity index is 797. The van der Waals surface area contributed by atoms with Crippen molar-refractivity contribution >= 4 is 38.5 Å². The molecule has 1 fully saturated rings. The zero-order valence-corrected chi connectivity index (χ0v) is 19.5. The highest BCUT2D eigenvalue weighted by molar-refractivity contribution is 7.89. The predicted molar refractivity (Wildman–Crippen MR) is 122 cm³/mol. The Morgan fingerprint density at radius 2 is 1.90 bits per heavy atom. The normalized spacial score (nSPS) is 25.2. The van der Waals surface area contributed by atoms with Crippen molar-refractivity contribution < 1.29 is 28.5 Å². The second kappa shape index (κ2) is 12.6. The van der Waals surface area contributed by atoms with Gasteiger partial charge in [0.25, 0.3) is 0 Å². The van der Waals surface area contributed by atoms with Gasteiger partial charge in [0.15, 0.2) is 0 Å². The minimum Gasteiger partial charge on any atom is -0.393 e. The van der Waals surface area contributed by atoms with Crippen LogP contribution in [0.25, 0.3) is 0 Å². The van der Waals surface area contributed by atoms with E-state index in [9.17, 15) is 28.5 Å². The monoisotopic (exact) mass is 474 g/mol. The molecular weight excluding hydrogens is 440 g/mol. The summed E-state index contributed by atoms with van der Waals surface area (Å²) in [5.74, 6) is -0.552. The van der Waals surface area contributed by atoms with Crippen LogP contribution in [0, 0.1) is 11.8 Å². The fourth-order valence-corrected chi connectivity index (χ4v) is 5.29. The molecule has 0 spiro atoms. The van der Waals surface area contributed by atoms with Gasteiger partial charge in [0, 0.05) is 12.6 Å². The minimum absolute atomic E-state index is 0.00929. The molecule has 4 N–H and O–H groups in total. The number of nitrogens with zero attached hydrogens (tertiary/aromatic N) is 1. The molecule has 1 amide bonds. The Morgan fingerprint density at radius 1 is 1.23 bits per heavy atom. The van der Waals surface area contributed by atoms with Gasteiger partial charge in [-0.3, -0.25) is 9.52 Å². The number of hydrogen-bond acceptors (Lipinski definition) is 8. The number of aliphatic imine (C=N–C) groups is 1. The number of carbonyl (C=O) groups excluding carboxylic acids is 1. The summed E-state index contributed by atoms with van der Waals surface area (Å²) in [5.41, 5.74) is 0. The Morgan fingerprint density at radius 3 is 2.55 bits per heavy atom. The Labute approximate surface area is 188 Å². The van der Waals surface area contributed by atoms with Crippen LogP contribution in [0.4, 0.5) is 5.00 Å². The lowest BCUT2D eigenvalue weighted by Gasteiger charge is -2.24. The molecule has 1 aliphatic carbocycles. The van der Waals surface area contributed by atoms with Gasteiger partial charge in [-0.1, -0.05) is 19.3 Å². The maximum Gasteiger partial charge on any atom is 0.233 e. The van der Waals surface area contributed by atoms with E-state index in [2.05, 4.69) is 4.99 Å². The first-order chi connectivity index (χ1) is 14.7. The van der Waals surface area contributed by atoms with Crippen LogP contribution in [0.2, 0.25) is 0 Å². The molecule has 0 radical (unpaired) electrons. The predicted octanol–water partition coefficient (Wildman–Crippen LogP) is 2.37. The molecule has 0 saturated heterocycles. The molecule has 5 atom stereocenters. The van der Waals surface area contributed by atoms with Gasteiger partial charge < -0.3 is 15.3 Å². The fourth-order valence-electron chi connectivity index (χ4n) is 4.20. The molecule has 176 valence electrons. The van der Waals surface area contributed by atoms with Crippen molar-refractivity contribution in [3.63, 3.8) is 0 Å². The lowest BCUT2D eigenvalue weighted by molar-refractivity contribution is -0.119. The van der Waals surface area contributed by atoms with Crippen LogP contribution >= 0.6 is 11.3 Å². The van der Waals surface area contributed by atoms with Gasteiger partial charge in [-0.05, 0) is 61.5 Å². The summed E-state index contributed by atoms with van der Waals surface area (Å²) in [6.07, 6.45) is 6.22. The summed E-state index contributed by atoms with van der Waals surface area (Å²) < 4.78 is 24.0. The lowest BCUT2D eigenvalue weighted by atomic mass is 9.85. The van der Waals surface area contributed by atoms with Crippen LogP contribution in [0.5, 0.6) is 0 Å². The molecule has 1 unspecified atom stereocenters. The van der Waals surface area contributed by atoms with Crippen LogP contribution in [-0.2, 0) is 14.8 Å². The van der Waals surface area contributed by atoms with Crippen LogP contribution in [0.1, 0.15) is 57.8 Å². The Hall–Kier alpha value is -1.33. The summed E-state index contributed by atoms with van der Waals surface area (Å²) in [6.45, 7) is 0. The molecule has 1 aromatic heterocycles.